The van der Waals surface area contributed by atoms with Crippen LogP contribution in [0, 0.1) is 5.41 Å². The maximum atomic E-state index is 9.56. The topological polar surface area (TPSA) is 90.9 Å². The van der Waals surface area contributed by atoms with Crippen molar-refractivity contribution in [3.63, 3.8) is 0 Å². The summed E-state index contributed by atoms with van der Waals surface area (Å²) in [6.45, 7) is 6.95. The van der Waals surface area contributed by atoms with Crippen LogP contribution in [0.15, 0.2) is 5.16 Å². The molecule has 0 saturated heterocycles. The molecule has 0 radical (unpaired) electrons. The van der Waals surface area contributed by atoms with E-state index in [1.165, 1.54) is 0 Å². The number of amidine groups is 1. The molecule has 5 heteroatoms. The molecule has 1 unspecified atom stereocenters. The van der Waals surface area contributed by atoms with Gasteiger partial charge in [-0.3, -0.25) is 0 Å². The van der Waals surface area contributed by atoms with Gasteiger partial charge in [-0.1, -0.05) is 25.9 Å². The lowest BCUT2D eigenvalue weighted by Gasteiger charge is -2.22. The molecule has 14 heavy (non-hydrogen) atoms. The SMILES string of the molecule is CC(C)(C)CC(O)CNCC(N)=NO. The van der Waals surface area contributed by atoms with E-state index in [0.717, 1.165) is 6.42 Å². The van der Waals surface area contributed by atoms with Crippen molar-refractivity contribution in [2.24, 2.45) is 16.3 Å². The van der Waals surface area contributed by atoms with E-state index < -0.39 is 6.10 Å². The first-order chi connectivity index (χ1) is 6.35. The van der Waals surface area contributed by atoms with Gasteiger partial charge in [0.05, 0.1) is 12.6 Å². The fourth-order valence-electron chi connectivity index (χ4n) is 1.18. The Bertz CT molecular complexity index is 187. The zero-order valence-corrected chi connectivity index (χ0v) is 9.12. The van der Waals surface area contributed by atoms with Crippen LogP contribution in [0.25, 0.3) is 0 Å². The van der Waals surface area contributed by atoms with E-state index in [4.69, 9.17) is 10.9 Å². The molecule has 0 spiro atoms. The monoisotopic (exact) mass is 203 g/mol. The Kier molecular flexibility index (Phi) is 5.49. The summed E-state index contributed by atoms with van der Waals surface area (Å²) in [5.74, 6) is 0.118. The van der Waals surface area contributed by atoms with E-state index in [0.29, 0.717) is 6.54 Å². The zero-order chi connectivity index (χ0) is 11.2. The summed E-state index contributed by atoms with van der Waals surface area (Å²) < 4.78 is 0. The molecule has 5 N–H and O–H groups in total. The zero-order valence-electron chi connectivity index (χ0n) is 9.12. The molecule has 5 nitrogen and oxygen atoms in total. The predicted octanol–water partition coefficient (Wildman–Crippen LogP) is 0.120. The van der Waals surface area contributed by atoms with Crippen LogP contribution in [0.1, 0.15) is 27.2 Å². The molecule has 0 aliphatic heterocycles. The Morgan fingerprint density at radius 3 is 2.50 bits per heavy atom. The minimum Gasteiger partial charge on any atom is -0.409 e. The van der Waals surface area contributed by atoms with Gasteiger partial charge in [0.15, 0.2) is 5.84 Å². The van der Waals surface area contributed by atoms with Crippen molar-refractivity contribution in [2.45, 2.75) is 33.3 Å². The second-order valence-electron chi connectivity index (χ2n) is 4.64. The van der Waals surface area contributed by atoms with Crippen molar-refractivity contribution < 1.29 is 10.3 Å². The number of hydrogen-bond donors (Lipinski definition) is 4. The lowest BCUT2D eigenvalue weighted by atomic mass is 9.89. The van der Waals surface area contributed by atoms with E-state index in [9.17, 15) is 5.11 Å². The highest BCUT2D eigenvalue weighted by Crippen LogP contribution is 2.20. The first-order valence-electron chi connectivity index (χ1n) is 4.70. The van der Waals surface area contributed by atoms with Crippen molar-refractivity contribution in [1.29, 1.82) is 0 Å². The van der Waals surface area contributed by atoms with E-state index in [1.807, 2.05) is 0 Å². The number of aliphatic hydroxyl groups is 1. The lowest BCUT2D eigenvalue weighted by Crippen LogP contribution is -2.35. The third-order valence-corrected chi connectivity index (χ3v) is 1.66. The van der Waals surface area contributed by atoms with Crippen LogP contribution >= 0.6 is 0 Å². The van der Waals surface area contributed by atoms with Crippen LogP contribution in [-0.2, 0) is 0 Å². The molecule has 0 amide bonds. The minimum absolute atomic E-state index is 0.109. The summed E-state index contributed by atoms with van der Waals surface area (Å²) in [6.07, 6.45) is 0.317. The Morgan fingerprint density at radius 1 is 1.50 bits per heavy atom. The van der Waals surface area contributed by atoms with Gasteiger partial charge in [-0.05, 0) is 11.8 Å². The minimum atomic E-state index is -0.401. The van der Waals surface area contributed by atoms with Gasteiger partial charge in [0.2, 0.25) is 0 Å². The largest absolute Gasteiger partial charge is 0.409 e. The Balaban J connectivity index is 3.60. The predicted molar refractivity (Wildman–Crippen MR) is 56.4 cm³/mol. The molecule has 0 rings (SSSR count). The van der Waals surface area contributed by atoms with Crippen LogP contribution in [0.4, 0.5) is 0 Å². The van der Waals surface area contributed by atoms with Gasteiger partial charge < -0.3 is 21.4 Å². The fraction of sp³-hybridized carbons (Fsp3) is 0.889. The average molecular weight is 203 g/mol. The summed E-state index contributed by atoms with van der Waals surface area (Å²) in [4.78, 5) is 0. The number of nitrogens with two attached hydrogens (primary N) is 1. The van der Waals surface area contributed by atoms with Crippen molar-refractivity contribution in [1.82, 2.24) is 5.32 Å². The second-order valence-corrected chi connectivity index (χ2v) is 4.64. The number of hydrogen-bond acceptors (Lipinski definition) is 4. The van der Waals surface area contributed by atoms with Crippen molar-refractivity contribution in [3.8, 4) is 0 Å². The van der Waals surface area contributed by atoms with Crippen LogP contribution in [0.2, 0.25) is 0 Å². The van der Waals surface area contributed by atoms with Crippen molar-refractivity contribution in [3.05, 3.63) is 0 Å². The van der Waals surface area contributed by atoms with E-state index in [1.54, 1.807) is 0 Å². The molecular formula is C9H21N3O2. The number of nitrogens with one attached hydrogen (secondary N) is 1. The van der Waals surface area contributed by atoms with E-state index >= 15 is 0 Å². The first kappa shape index (κ1) is 13.2. The fourth-order valence-corrected chi connectivity index (χ4v) is 1.18. The van der Waals surface area contributed by atoms with E-state index in [2.05, 4.69) is 31.2 Å². The van der Waals surface area contributed by atoms with Gasteiger partial charge in [0.25, 0.3) is 0 Å². The number of nitrogens with zero attached hydrogens (tertiary/aromatic N) is 1. The molecule has 0 aliphatic rings. The highest BCUT2D eigenvalue weighted by molar-refractivity contribution is 5.81. The van der Waals surface area contributed by atoms with Crippen molar-refractivity contribution >= 4 is 5.84 Å². The Labute approximate surface area is 85.0 Å². The highest BCUT2D eigenvalue weighted by Gasteiger charge is 2.16. The molecule has 0 heterocycles. The van der Waals surface area contributed by atoms with Gasteiger partial charge in [-0.15, -0.1) is 0 Å². The summed E-state index contributed by atoms with van der Waals surface area (Å²) in [7, 11) is 0. The Hall–Kier alpha value is -0.810. The lowest BCUT2D eigenvalue weighted by molar-refractivity contribution is 0.121. The van der Waals surface area contributed by atoms with Crippen LogP contribution in [0.3, 0.4) is 0 Å². The van der Waals surface area contributed by atoms with Crippen LogP contribution < -0.4 is 11.1 Å². The molecule has 0 bridgehead atoms. The first-order valence-corrected chi connectivity index (χ1v) is 4.70. The van der Waals surface area contributed by atoms with Gasteiger partial charge in [0.1, 0.15) is 0 Å². The molecule has 0 fully saturated rings. The van der Waals surface area contributed by atoms with Crippen LogP contribution in [0.5, 0.6) is 0 Å². The maximum Gasteiger partial charge on any atom is 0.153 e. The van der Waals surface area contributed by atoms with Crippen LogP contribution in [-0.4, -0.2) is 35.3 Å². The van der Waals surface area contributed by atoms with Gasteiger partial charge in [-0.25, -0.2) is 0 Å². The second kappa shape index (κ2) is 5.82. The summed E-state index contributed by atoms with van der Waals surface area (Å²) in [6, 6.07) is 0. The standard InChI is InChI=1S/C9H21N3O2/c1-9(2,3)4-7(13)5-11-6-8(10)12-14/h7,11,13-14H,4-6H2,1-3H3,(H2,10,12). The number of oxime groups is 1. The number of rotatable bonds is 5. The molecule has 1 atom stereocenters. The highest BCUT2D eigenvalue weighted by atomic mass is 16.4. The quantitative estimate of drug-likeness (QED) is 0.221. The third-order valence-electron chi connectivity index (χ3n) is 1.66. The molecule has 0 aliphatic carbocycles. The molecule has 0 saturated carbocycles. The van der Waals surface area contributed by atoms with Gasteiger partial charge in [-0.2, -0.15) is 0 Å². The molecule has 0 aromatic carbocycles. The molecular weight excluding hydrogens is 182 g/mol. The van der Waals surface area contributed by atoms with Gasteiger partial charge >= 0.3 is 0 Å². The number of aliphatic hydroxyl groups excluding tert-OH is 1. The van der Waals surface area contributed by atoms with E-state index in [-0.39, 0.29) is 17.8 Å². The van der Waals surface area contributed by atoms with Gasteiger partial charge in [0, 0.05) is 6.54 Å². The smallest absolute Gasteiger partial charge is 0.153 e. The molecule has 0 aromatic rings. The Morgan fingerprint density at radius 2 is 2.07 bits per heavy atom. The summed E-state index contributed by atoms with van der Waals surface area (Å²) in [5.41, 5.74) is 5.35. The molecule has 84 valence electrons. The average Bonchev–Trinajstić information content (AvgIpc) is 2.00. The van der Waals surface area contributed by atoms with Crippen molar-refractivity contribution in [2.75, 3.05) is 13.1 Å². The normalized spacial score (nSPS) is 15.6. The maximum absolute atomic E-state index is 9.56. The molecule has 0 aromatic heterocycles. The third kappa shape index (κ3) is 7.82. The summed E-state index contributed by atoms with van der Waals surface area (Å²) >= 11 is 0. The summed E-state index contributed by atoms with van der Waals surface area (Å²) in [5, 5.41) is 23.5.